The molecule has 0 saturated carbocycles. The van der Waals surface area contributed by atoms with Crippen LogP contribution in [0.1, 0.15) is 5.56 Å². The van der Waals surface area contributed by atoms with Crippen molar-refractivity contribution in [1.82, 2.24) is 9.78 Å². The Kier molecular flexibility index (Phi) is 3.89. The van der Waals surface area contributed by atoms with E-state index >= 15 is 0 Å². The molecule has 9 heteroatoms. The number of benzene rings is 1. The number of aromatic nitrogens is 2. The molecule has 0 aliphatic carbocycles. The molecule has 1 aromatic carbocycles. The zero-order valence-electron chi connectivity index (χ0n) is 10.4. The van der Waals surface area contributed by atoms with Crippen LogP contribution in [-0.2, 0) is 11.3 Å². The van der Waals surface area contributed by atoms with Crippen LogP contribution in [0.4, 0.5) is 11.4 Å². The molecule has 0 saturated heterocycles. The van der Waals surface area contributed by atoms with Gasteiger partial charge < -0.3 is 5.32 Å². The van der Waals surface area contributed by atoms with Gasteiger partial charge in [0.25, 0.3) is 5.69 Å². The topological polar surface area (TPSA) is 107 Å². The van der Waals surface area contributed by atoms with Gasteiger partial charge in [-0.05, 0) is 18.6 Å². The van der Waals surface area contributed by atoms with E-state index in [9.17, 15) is 19.7 Å². The van der Waals surface area contributed by atoms with Crippen molar-refractivity contribution in [3.8, 4) is 0 Å². The maximum absolute atomic E-state index is 11.8. The monoisotopic (exact) mass is 294 g/mol. The summed E-state index contributed by atoms with van der Waals surface area (Å²) in [7, 11) is 0. The average molecular weight is 294 g/mol. The van der Waals surface area contributed by atoms with Crippen LogP contribution in [0.5, 0.6) is 0 Å². The highest BCUT2D eigenvalue weighted by atomic mass is 32.1. The fraction of sp³-hybridized carbons (Fsp3) is 0.182. The van der Waals surface area contributed by atoms with E-state index < -0.39 is 10.8 Å². The van der Waals surface area contributed by atoms with E-state index in [1.54, 1.807) is 6.92 Å². The lowest BCUT2D eigenvalue weighted by Gasteiger charge is -2.07. The SMILES string of the molecule is Cc1cc([N+](=O)[O-])ccc1NC(=O)Cn1ncsc1=O. The summed E-state index contributed by atoms with van der Waals surface area (Å²) in [5, 5.41) is 16.9. The lowest BCUT2D eigenvalue weighted by atomic mass is 10.2. The summed E-state index contributed by atoms with van der Waals surface area (Å²) in [5.41, 5.74) is 2.34. The van der Waals surface area contributed by atoms with Gasteiger partial charge in [0.1, 0.15) is 12.1 Å². The first-order valence-electron chi connectivity index (χ1n) is 5.53. The Balaban J connectivity index is 2.10. The van der Waals surface area contributed by atoms with Crippen molar-refractivity contribution in [3.05, 3.63) is 49.1 Å². The second-order valence-electron chi connectivity index (χ2n) is 3.97. The molecule has 0 aliphatic rings. The Bertz CT molecular complexity index is 721. The number of nitrogens with zero attached hydrogens (tertiary/aromatic N) is 3. The standard InChI is InChI=1S/C11H10N4O4S/c1-7-4-8(15(18)19)2-3-9(7)13-10(16)5-14-11(17)20-6-12-14/h2-4,6H,5H2,1H3,(H,13,16). The van der Waals surface area contributed by atoms with Crippen LogP contribution in [-0.4, -0.2) is 20.6 Å². The molecule has 1 N–H and O–H groups in total. The molecule has 1 aromatic heterocycles. The molecule has 0 bridgehead atoms. The van der Waals surface area contributed by atoms with Gasteiger partial charge in [-0.15, -0.1) is 0 Å². The molecule has 0 aliphatic heterocycles. The molecular formula is C11H10N4O4S. The highest BCUT2D eigenvalue weighted by Crippen LogP contribution is 2.21. The van der Waals surface area contributed by atoms with Gasteiger partial charge in [0.05, 0.1) is 4.92 Å². The van der Waals surface area contributed by atoms with Gasteiger partial charge >= 0.3 is 4.87 Å². The van der Waals surface area contributed by atoms with E-state index in [0.717, 1.165) is 16.0 Å². The summed E-state index contributed by atoms with van der Waals surface area (Å²) in [6.45, 7) is 1.45. The number of hydrogen-bond acceptors (Lipinski definition) is 6. The maximum Gasteiger partial charge on any atom is 0.325 e. The van der Waals surface area contributed by atoms with Gasteiger partial charge in [0.15, 0.2) is 0 Å². The lowest BCUT2D eigenvalue weighted by Crippen LogP contribution is -2.25. The summed E-state index contributed by atoms with van der Waals surface area (Å²) >= 11 is 0.902. The third-order valence-corrected chi connectivity index (χ3v) is 3.15. The second kappa shape index (κ2) is 5.61. The molecule has 0 radical (unpaired) electrons. The number of amides is 1. The predicted octanol–water partition coefficient (Wildman–Crippen LogP) is 1.16. The Morgan fingerprint density at radius 2 is 2.30 bits per heavy atom. The molecule has 2 aromatic rings. The fourth-order valence-electron chi connectivity index (χ4n) is 1.57. The Labute approximate surface area is 116 Å². The zero-order valence-corrected chi connectivity index (χ0v) is 11.2. The number of non-ortho nitro benzene ring substituents is 1. The molecule has 0 unspecified atom stereocenters. The Hall–Kier alpha value is -2.55. The van der Waals surface area contributed by atoms with Crippen molar-refractivity contribution in [2.75, 3.05) is 5.32 Å². The zero-order chi connectivity index (χ0) is 14.7. The van der Waals surface area contributed by atoms with Gasteiger partial charge in [-0.3, -0.25) is 19.7 Å². The number of nitro groups is 1. The third-order valence-electron chi connectivity index (χ3n) is 2.54. The molecule has 0 fully saturated rings. The minimum Gasteiger partial charge on any atom is -0.324 e. The third kappa shape index (κ3) is 3.06. The van der Waals surface area contributed by atoms with Crippen LogP contribution in [0.3, 0.4) is 0 Å². The van der Waals surface area contributed by atoms with E-state index in [4.69, 9.17) is 0 Å². The normalized spacial score (nSPS) is 10.2. The minimum atomic E-state index is -0.507. The van der Waals surface area contributed by atoms with Crippen molar-refractivity contribution in [3.63, 3.8) is 0 Å². The highest BCUT2D eigenvalue weighted by molar-refractivity contribution is 7.06. The second-order valence-corrected chi connectivity index (χ2v) is 4.76. The number of aryl methyl sites for hydroxylation is 1. The van der Waals surface area contributed by atoms with Crippen molar-refractivity contribution in [2.24, 2.45) is 0 Å². The fourth-order valence-corrected chi connectivity index (χ4v) is 2.05. The largest absolute Gasteiger partial charge is 0.325 e. The van der Waals surface area contributed by atoms with Crippen molar-refractivity contribution in [1.29, 1.82) is 0 Å². The Morgan fingerprint density at radius 1 is 1.55 bits per heavy atom. The first-order valence-corrected chi connectivity index (χ1v) is 6.41. The molecular weight excluding hydrogens is 284 g/mol. The van der Waals surface area contributed by atoms with Gasteiger partial charge in [0.2, 0.25) is 5.91 Å². The number of carbonyl (C=O) groups excluding carboxylic acids is 1. The number of nitrogens with one attached hydrogen (secondary N) is 1. The van der Waals surface area contributed by atoms with Crippen LogP contribution < -0.4 is 10.2 Å². The van der Waals surface area contributed by atoms with Gasteiger partial charge in [-0.2, -0.15) is 5.10 Å². The highest BCUT2D eigenvalue weighted by Gasteiger charge is 2.11. The van der Waals surface area contributed by atoms with Gasteiger partial charge in [-0.1, -0.05) is 11.3 Å². The van der Waals surface area contributed by atoms with Crippen LogP contribution in [0, 0.1) is 17.0 Å². The quantitative estimate of drug-likeness (QED) is 0.672. The molecule has 1 amide bonds. The number of rotatable bonds is 4. The van der Waals surface area contributed by atoms with Crippen molar-refractivity contribution >= 4 is 28.6 Å². The molecule has 1 heterocycles. The first kappa shape index (κ1) is 13.9. The number of carbonyl (C=O) groups is 1. The van der Waals surface area contributed by atoms with E-state index in [1.807, 2.05) is 0 Å². The molecule has 8 nitrogen and oxygen atoms in total. The van der Waals surface area contributed by atoms with Crippen LogP contribution in [0.15, 0.2) is 28.5 Å². The summed E-state index contributed by atoms with van der Waals surface area (Å²) in [6.07, 6.45) is 0. The molecule has 2 rings (SSSR count). The summed E-state index contributed by atoms with van der Waals surface area (Å²) < 4.78 is 1.04. The first-order chi connectivity index (χ1) is 9.47. The van der Waals surface area contributed by atoms with Crippen molar-refractivity contribution in [2.45, 2.75) is 13.5 Å². The molecule has 0 atom stereocenters. The molecule has 104 valence electrons. The summed E-state index contributed by atoms with van der Waals surface area (Å²) in [5.74, 6) is -0.421. The molecule has 0 spiro atoms. The van der Waals surface area contributed by atoms with Crippen LogP contribution in [0.2, 0.25) is 0 Å². The lowest BCUT2D eigenvalue weighted by molar-refractivity contribution is -0.384. The molecule has 20 heavy (non-hydrogen) atoms. The van der Waals surface area contributed by atoms with E-state index in [-0.39, 0.29) is 17.1 Å². The average Bonchev–Trinajstić information content (AvgIpc) is 2.77. The predicted molar refractivity (Wildman–Crippen MR) is 72.8 cm³/mol. The van der Waals surface area contributed by atoms with E-state index in [0.29, 0.717) is 11.3 Å². The van der Waals surface area contributed by atoms with Crippen LogP contribution >= 0.6 is 11.3 Å². The van der Waals surface area contributed by atoms with Gasteiger partial charge in [0, 0.05) is 17.8 Å². The number of nitro benzene ring substituents is 1. The van der Waals surface area contributed by atoms with Crippen molar-refractivity contribution < 1.29 is 9.72 Å². The van der Waals surface area contributed by atoms with Gasteiger partial charge in [-0.25, -0.2) is 4.68 Å². The minimum absolute atomic E-state index is 0.0452. The smallest absolute Gasteiger partial charge is 0.324 e. The van der Waals surface area contributed by atoms with E-state index in [1.165, 1.54) is 23.7 Å². The van der Waals surface area contributed by atoms with Crippen LogP contribution in [0.25, 0.3) is 0 Å². The Morgan fingerprint density at radius 3 is 2.85 bits per heavy atom. The summed E-state index contributed by atoms with van der Waals surface area (Å²) in [6, 6.07) is 4.12. The van der Waals surface area contributed by atoms with E-state index in [2.05, 4.69) is 10.4 Å². The number of anilines is 1. The maximum atomic E-state index is 11.8. The summed E-state index contributed by atoms with van der Waals surface area (Å²) in [4.78, 5) is 32.8. The number of hydrogen-bond donors (Lipinski definition) is 1.